The van der Waals surface area contributed by atoms with Crippen LogP contribution in [0, 0.1) is 0 Å². The fourth-order valence-corrected chi connectivity index (χ4v) is 4.11. The molecule has 2 heterocycles. The third kappa shape index (κ3) is 4.77. The van der Waals surface area contributed by atoms with Gasteiger partial charge in [-0.15, -0.1) is 0 Å². The number of carbonyl (C=O) groups excluding carboxylic acids is 2. The molecule has 29 heavy (non-hydrogen) atoms. The lowest BCUT2D eigenvalue weighted by molar-refractivity contribution is -0.901. The number of carbonyl (C=O) groups is 2. The van der Waals surface area contributed by atoms with Crippen LogP contribution in [0.15, 0.2) is 48.5 Å². The molecule has 0 aliphatic carbocycles. The molecule has 2 aromatic rings. The van der Waals surface area contributed by atoms with Crippen molar-refractivity contribution in [3.05, 3.63) is 59.7 Å². The van der Waals surface area contributed by atoms with Crippen LogP contribution in [0.25, 0.3) is 0 Å². The normalized spacial score (nSPS) is 16.8. The Bertz CT molecular complexity index is 877. The monoisotopic (exact) mass is 394 g/mol. The van der Waals surface area contributed by atoms with Gasteiger partial charge in [0.05, 0.1) is 31.8 Å². The van der Waals surface area contributed by atoms with Crippen molar-refractivity contribution in [2.75, 3.05) is 31.1 Å². The van der Waals surface area contributed by atoms with E-state index in [0.717, 1.165) is 12.1 Å². The molecule has 0 radical (unpaired) electrons. The predicted octanol–water partition coefficient (Wildman–Crippen LogP) is 1.30. The lowest BCUT2D eigenvalue weighted by atomic mass is 10.1. The van der Waals surface area contributed by atoms with Crippen molar-refractivity contribution in [3.63, 3.8) is 0 Å². The summed E-state index contributed by atoms with van der Waals surface area (Å²) in [5, 5.41) is 3.00. The summed E-state index contributed by atoms with van der Waals surface area (Å²) in [6.07, 6.45) is 2.86. The van der Waals surface area contributed by atoms with E-state index in [4.69, 9.17) is 4.74 Å². The quantitative estimate of drug-likeness (QED) is 0.776. The van der Waals surface area contributed by atoms with Gasteiger partial charge in [0.25, 0.3) is 0 Å². The van der Waals surface area contributed by atoms with Crippen molar-refractivity contribution < 1.29 is 19.2 Å². The largest absolute Gasteiger partial charge is 0.491 e. The van der Waals surface area contributed by atoms with Gasteiger partial charge in [-0.2, -0.15) is 0 Å². The van der Waals surface area contributed by atoms with Gasteiger partial charge >= 0.3 is 0 Å². The first kappa shape index (κ1) is 19.5. The molecule has 4 rings (SSSR count). The zero-order valence-corrected chi connectivity index (χ0v) is 16.7. The number of para-hydroxylation sites is 2. The number of ether oxygens (including phenoxy) is 1. The van der Waals surface area contributed by atoms with Gasteiger partial charge in [0.15, 0.2) is 0 Å². The summed E-state index contributed by atoms with van der Waals surface area (Å²) >= 11 is 0. The van der Waals surface area contributed by atoms with E-state index in [1.807, 2.05) is 30.3 Å². The molecule has 2 aliphatic rings. The molecule has 2 aromatic carbocycles. The van der Waals surface area contributed by atoms with Crippen LogP contribution in [0.2, 0.25) is 0 Å². The molecule has 0 bridgehead atoms. The van der Waals surface area contributed by atoms with Crippen molar-refractivity contribution in [2.24, 2.45) is 0 Å². The molecule has 152 valence electrons. The maximum atomic E-state index is 12.7. The smallest absolute Gasteiger partial charge is 0.240 e. The molecular weight excluding hydrogens is 366 g/mol. The predicted molar refractivity (Wildman–Crippen MR) is 111 cm³/mol. The van der Waals surface area contributed by atoms with Gasteiger partial charge in [-0.3, -0.25) is 14.5 Å². The highest BCUT2D eigenvalue weighted by Crippen LogP contribution is 2.30. The number of benzene rings is 2. The SMILES string of the molecule is O=C(CN1C(=O)CCOc2ccccc21)NCc1ccccc1C[NH+]1CCCC1. The minimum absolute atomic E-state index is 0.00124. The summed E-state index contributed by atoms with van der Waals surface area (Å²) in [6, 6.07) is 15.7. The number of anilines is 1. The summed E-state index contributed by atoms with van der Waals surface area (Å²) in [7, 11) is 0. The minimum Gasteiger partial charge on any atom is -0.491 e. The van der Waals surface area contributed by atoms with Gasteiger partial charge < -0.3 is 15.0 Å². The lowest BCUT2D eigenvalue weighted by Crippen LogP contribution is -3.08. The Morgan fingerprint density at radius 2 is 1.76 bits per heavy atom. The Morgan fingerprint density at radius 3 is 2.59 bits per heavy atom. The molecule has 0 atom stereocenters. The van der Waals surface area contributed by atoms with Gasteiger partial charge in [-0.05, 0) is 17.7 Å². The first-order valence-corrected chi connectivity index (χ1v) is 10.4. The second kappa shape index (κ2) is 9.09. The summed E-state index contributed by atoms with van der Waals surface area (Å²) in [6.45, 7) is 4.25. The first-order chi connectivity index (χ1) is 14.2. The number of nitrogens with zero attached hydrogens (tertiary/aromatic N) is 1. The van der Waals surface area contributed by atoms with Gasteiger partial charge in [-0.1, -0.05) is 36.4 Å². The number of fused-ring (bicyclic) bond motifs is 1. The number of rotatable bonds is 6. The van der Waals surface area contributed by atoms with Crippen LogP contribution in [-0.4, -0.2) is 38.1 Å². The van der Waals surface area contributed by atoms with Crippen molar-refractivity contribution in [2.45, 2.75) is 32.4 Å². The summed E-state index contributed by atoms with van der Waals surface area (Å²) in [5.41, 5.74) is 3.09. The maximum absolute atomic E-state index is 12.7. The molecule has 6 heteroatoms. The standard InChI is InChI=1S/C23H27N3O3/c27-22(17-26-20-9-3-4-10-21(20)29-14-11-23(26)28)24-15-18-7-1-2-8-19(18)16-25-12-5-6-13-25/h1-4,7-10H,5-6,11-17H2,(H,24,27)/p+1. The summed E-state index contributed by atoms with van der Waals surface area (Å²) in [4.78, 5) is 28.3. The van der Waals surface area contributed by atoms with E-state index in [2.05, 4.69) is 23.5 Å². The van der Waals surface area contributed by atoms with E-state index in [1.165, 1.54) is 36.4 Å². The molecule has 6 nitrogen and oxygen atoms in total. The molecule has 0 spiro atoms. The van der Waals surface area contributed by atoms with E-state index in [1.54, 1.807) is 4.90 Å². The Balaban J connectivity index is 1.40. The number of likely N-dealkylation sites (tertiary alicyclic amines) is 1. The maximum Gasteiger partial charge on any atom is 0.240 e. The average molecular weight is 394 g/mol. The topological polar surface area (TPSA) is 63.1 Å². The van der Waals surface area contributed by atoms with Gasteiger partial charge in [0.1, 0.15) is 18.8 Å². The third-order valence-corrected chi connectivity index (χ3v) is 5.68. The van der Waals surface area contributed by atoms with E-state index < -0.39 is 0 Å². The van der Waals surface area contributed by atoms with Crippen LogP contribution >= 0.6 is 0 Å². The molecule has 1 saturated heterocycles. The summed E-state index contributed by atoms with van der Waals surface area (Å²) < 4.78 is 5.64. The Morgan fingerprint density at radius 1 is 1.03 bits per heavy atom. The van der Waals surface area contributed by atoms with Crippen molar-refractivity contribution >= 4 is 17.5 Å². The van der Waals surface area contributed by atoms with E-state index in [-0.39, 0.29) is 24.8 Å². The highest BCUT2D eigenvalue weighted by molar-refractivity contribution is 6.00. The number of quaternary nitrogens is 1. The molecule has 2 aliphatic heterocycles. The first-order valence-electron chi connectivity index (χ1n) is 10.4. The van der Waals surface area contributed by atoms with Crippen molar-refractivity contribution in [1.82, 2.24) is 5.32 Å². The van der Waals surface area contributed by atoms with Crippen molar-refractivity contribution in [1.29, 1.82) is 0 Å². The van der Waals surface area contributed by atoms with Crippen LogP contribution in [0.5, 0.6) is 5.75 Å². The zero-order valence-electron chi connectivity index (χ0n) is 16.7. The second-order valence-electron chi connectivity index (χ2n) is 7.73. The number of hydrogen-bond acceptors (Lipinski definition) is 3. The third-order valence-electron chi connectivity index (χ3n) is 5.68. The highest BCUT2D eigenvalue weighted by Gasteiger charge is 2.25. The van der Waals surface area contributed by atoms with Crippen LogP contribution in [0.1, 0.15) is 30.4 Å². The van der Waals surface area contributed by atoms with E-state index >= 15 is 0 Å². The zero-order chi connectivity index (χ0) is 20.1. The second-order valence-corrected chi connectivity index (χ2v) is 7.73. The van der Waals surface area contributed by atoms with Gasteiger partial charge in [0.2, 0.25) is 11.8 Å². The number of hydrogen-bond donors (Lipinski definition) is 2. The number of amides is 2. The lowest BCUT2D eigenvalue weighted by Gasteiger charge is -2.21. The summed E-state index contributed by atoms with van der Waals surface area (Å²) in [5.74, 6) is 0.381. The Hall–Kier alpha value is -2.86. The molecule has 0 unspecified atom stereocenters. The van der Waals surface area contributed by atoms with E-state index in [0.29, 0.717) is 24.6 Å². The van der Waals surface area contributed by atoms with E-state index in [9.17, 15) is 9.59 Å². The Kier molecular flexibility index (Phi) is 6.10. The van der Waals surface area contributed by atoms with Crippen LogP contribution in [0.4, 0.5) is 5.69 Å². The molecule has 2 amide bonds. The van der Waals surface area contributed by atoms with Gasteiger partial charge in [-0.25, -0.2) is 0 Å². The number of nitrogens with one attached hydrogen (secondary N) is 2. The molecule has 0 aromatic heterocycles. The fraction of sp³-hybridized carbons (Fsp3) is 0.391. The van der Waals surface area contributed by atoms with Crippen molar-refractivity contribution in [3.8, 4) is 5.75 Å². The van der Waals surface area contributed by atoms with Crippen LogP contribution in [0.3, 0.4) is 0 Å². The minimum atomic E-state index is -0.168. The average Bonchev–Trinajstić information content (AvgIpc) is 3.19. The Labute approximate surface area is 171 Å². The highest BCUT2D eigenvalue weighted by atomic mass is 16.5. The fourth-order valence-electron chi connectivity index (χ4n) is 4.11. The molecule has 2 N–H and O–H groups in total. The van der Waals surface area contributed by atoms with Crippen LogP contribution in [-0.2, 0) is 22.7 Å². The van der Waals surface area contributed by atoms with Crippen LogP contribution < -0.4 is 19.9 Å². The molecule has 1 fully saturated rings. The molecule has 0 saturated carbocycles. The van der Waals surface area contributed by atoms with Gasteiger partial charge in [0, 0.05) is 24.9 Å². The molecular formula is C23H28N3O3+.